The molecule has 2 aliphatic rings. The molecule has 2 aromatic carbocycles. The van der Waals surface area contributed by atoms with Gasteiger partial charge in [-0.15, -0.1) is 0 Å². The van der Waals surface area contributed by atoms with E-state index in [1.54, 1.807) is 19.2 Å². The Morgan fingerprint density at radius 3 is 2.31 bits per heavy atom. The Hall–Kier alpha value is -2.93. The molecule has 6 nitrogen and oxygen atoms in total. The lowest BCUT2D eigenvalue weighted by Gasteiger charge is -2.35. The van der Waals surface area contributed by atoms with E-state index >= 15 is 0 Å². The van der Waals surface area contributed by atoms with Crippen molar-refractivity contribution in [2.75, 3.05) is 38.2 Å². The van der Waals surface area contributed by atoms with Crippen molar-refractivity contribution in [3.63, 3.8) is 0 Å². The van der Waals surface area contributed by atoms with Crippen molar-refractivity contribution in [3.05, 3.63) is 59.9 Å². The van der Waals surface area contributed by atoms with Crippen LogP contribution in [0.4, 0.5) is 10.1 Å². The highest BCUT2D eigenvalue weighted by atomic mass is 19.1. The van der Waals surface area contributed by atoms with E-state index in [2.05, 4.69) is 4.90 Å². The first-order valence-corrected chi connectivity index (χ1v) is 9.87. The molecule has 2 fully saturated rings. The number of methoxy groups -OCH3 is 1. The third-order valence-electron chi connectivity index (χ3n) is 5.83. The van der Waals surface area contributed by atoms with Crippen LogP contribution in [0.3, 0.4) is 0 Å². The third-order valence-corrected chi connectivity index (χ3v) is 5.83. The van der Waals surface area contributed by atoms with Gasteiger partial charge in [-0.25, -0.2) is 4.39 Å². The molecule has 0 aromatic heterocycles. The number of benzene rings is 2. The van der Waals surface area contributed by atoms with Gasteiger partial charge >= 0.3 is 0 Å². The van der Waals surface area contributed by atoms with E-state index in [0.717, 1.165) is 48.1 Å². The summed E-state index contributed by atoms with van der Waals surface area (Å²) in [5.41, 5.74) is 1.89. The minimum absolute atomic E-state index is 0.0870. The number of imide groups is 1. The second-order valence-corrected chi connectivity index (χ2v) is 7.54. The van der Waals surface area contributed by atoms with Gasteiger partial charge in [-0.3, -0.25) is 14.5 Å². The lowest BCUT2D eigenvalue weighted by Crippen LogP contribution is -3.19. The number of amides is 2. The number of carbonyl (C=O) groups is 2. The summed E-state index contributed by atoms with van der Waals surface area (Å²) in [5.74, 6) is 0.305. The number of nitrogens with zero attached hydrogens (tertiary/aromatic N) is 2. The van der Waals surface area contributed by atoms with Gasteiger partial charge in [0, 0.05) is 5.69 Å². The highest BCUT2D eigenvalue weighted by Gasteiger charge is 2.45. The summed E-state index contributed by atoms with van der Waals surface area (Å²) >= 11 is 0. The SMILES string of the molecule is COc1ccc(CN2C(=O)C[C@@H]([NH+]3CCN(c4ccc(F)cc4)CC3)C2=O)cc1. The molecule has 7 heteroatoms. The average Bonchev–Trinajstić information content (AvgIpc) is 3.03. The van der Waals surface area contributed by atoms with E-state index in [0.29, 0.717) is 6.54 Å². The topological polar surface area (TPSA) is 54.3 Å². The number of ether oxygens (including phenoxy) is 1. The molecule has 152 valence electrons. The van der Waals surface area contributed by atoms with Gasteiger partial charge in [0.15, 0.2) is 6.04 Å². The fourth-order valence-electron chi connectivity index (χ4n) is 4.13. The molecule has 0 spiro atoms. The Morgan fingerprint density at radius 2 is 1.69 bits per heavy atom. The lowest BCUT2D eigenvalue weighted by atomic mass is 10.1. The number of carbonyl (C=O) groups excluding carboxylic acids is 2. The van der Waals surface area contributed by atoms with Crippen LogP contribution in [0.25, 0.3) is 0 Å². The molecule has 0 bridgehead atoms. The Balaban J connectivity index is 1.36. The summed E-state index contributed by atoms with van der Waals surface area (Å²) in [7, 11) is 1.60. The van der Waals surface area contributed by atoms with Crippen LogP contribution in [0.15, 0.2) is 48.5 Å². The predicted molar refractivity (Wildman–Crippen MR) is 106 cm³/mol. The van der Waals surface area contributed by atoms with Gasteiger partial charge in [-0.05, 0) is 42.0 Å². The number of halogens is 1. The van der Waals surface area contributed by atoms with E-state index in [1.807, 2.05) is 24.3 Å². The van der Waals surface area contributed by atoms with Crippen LogP contribution in [0.2, 0.25) is 0 Å². The summed E-state index contributed by atoms with van der Waals surface area (Å²) in [6, 6.07) is 13.6. The largest absolute Gasteiger partial charge is 0.497 e. The van der Waals surface area contributed by atoms with Crippen LogP contribution in [-0.2, 0) is 16.1 Å². The molecule has 1 N–H and O–H groups in total. The summed E-state index contributed by atoms with van der Waals surface area (Å²) in [6.45, 7) is 3.40. The molecule has 0 unspecified atom stereocenters. The number of likely N-dealkylation sites (tertiary alicyclic amines) is 1. The number of hydrogen-bond acceptors (Lipinski definition) is 4. The molecule has 2 amide bonds. The Labute approximate surface area is 169 Å². The maximum Gasteiger partial charge on any atom is 0.288 e. The highest BCUT2D eigenvalue weighted by Crippen LogP contribution is 2.19. The molecule has 2 saturated heterocycles. The smallest absolute Gasteiger partial charge is 0.288 e. The number of anilines is 1. The summed E-state index contributed by atoms with van der Waals surface area (Å²) in [5, 5.41) is 0. The number of rotatable bonds is 5. The van der Waals surface area contributed by atoms with Gasteiger partial charge in [-0.2, -0.15) is 0 Å². The molecular weight excluding hydrogens is 373 g/mol. The number of hydrogen-bond donors (Lipinski definition) is 1. The zero-order valence-corrected chi connectivity index (χ0v) is 16.4. The second-order valence-electron chi connectivity index (χ2n) is 7.54. The first-order chi connectivity index (χ1) is 14.0. The lowest BCUT2D eigenvalue weighted by molar-refractivity contribution is -0.915. The van der Waals surface area contributed by atoms with Gasteiger partial charge in [-0.1, -0.05) is 12.1 Å². The van der Waals surface area contributed by atoms with Gasteiger partial charge < -0.3 is 14.5 Å². The highest BCUT2D eigenvalue weighted by molar-refractivity contribution is 6.04. The fraction of sp³-hybridized carbons (Fsp3) is 0.364. The van der Waals surface area contributed by atoms with Gasteiger partial charge in [0.1, 0.15) is 11.6 Å². The van der Waals surface area contributed by atoms with Crippen molar-refractivity contribution in [2.45, 2.75) is 19.0 Å². The monoisotopic (exact) mass is 398 g/mol. The second kappa shape index (κ2) is 8.21. The maximum atomic E-state index is 13.1. The Bertz CT molecular complexity index is 877. The van der Waals surface area contributed by atoms with Gasteiger partial charge in [0.2, 0.25) is 5.91 Å². The Morgan fingerprint density at radius 1 is 1.03 bits per heavy atom. The Kier molecular flexibility index (Phi) is 5.49. The van der Waals surface area contributed by atoms with Crippen LogP contribution in [0.5, 0.6) is 5.75 Å². The van der Waals surface area contributed by atoms with E-state index in [4.69, 9.17) is 4.74 Å². The number of piperazine rings is 1. The first kappa shape index (κ1) is 19.4. The molecule has 1 atom stereocenters. The van der Waals surface area contributed by atoms with E-state index in [9.17, 15) is 14.0 Å². The summed E-state index contributed by atoms with van der Waals surface area (Å²) in [6.07, 6.45) is 0.265. The van der Waals surface area contributed by atoms with Gasteiger partial charge in [0.25, 0.3) is 5.91 Å². The van der Waals surface area contributed by atoms with E-state index in [1.165, 1.54) is 17.0 Å². The summed E-state index contributed by atoms with van der Waals surface area (Å²) < 4.78 is 18.3. The molecular formula is C22H25FN3O3+. The van der Waals surface area contributed by atoms with E-state index < -0.39 is 0 Å². The molecule has 4 rings (SSSR count). The molecule has 29 heavy (non-hydrogen) atoms. The normalized spacial score (nSPS) is 20.4. The van der Waals surface area contributed by atoms with Gasteiger partial charge in [0.05, 0.1) is 46.3 Å². The molecule has 2 aromatic rings. The molecule has 0 aliphatic carbocycles. The van der Waals surface area contributed by atoms with Crippen molar-refractivity contribution in [1.82, 2.24) is 4.90 Å². The minimum atomic E-state index is -0.309. The third kappa shape index (κ3) is 4.10. The zero-order chi connectivity index (χ0) is 20.4. The van der Waals surface area contributed by atoms with Crippen LogP contribution in [0.1, 0.15) is 12.0 Å². The van der Waals surface area contributed by atoms with E-state index in [-0.39, 0.29) is 30.1 Å². The van der Waals surface area contributed by atoms with Crippen LogP contribution < -0.4 is 14.5 Å². The molecule has 0 saturated carbocycles. The number of nitrogens with one attached hydrogen (secondary N) is 1. The van der Waals surface area contributed by atoms with Crippen LogP contribution in [0, 0.1) is 5.82 Å². The van der Waals surface area contributed by atoms with Crippen molar-refractivity contribution < 1.29 is 23.6 Å². The molecule has 2 aliphatic heterocycles. The quantitative estimate of drug-likeness (QED) is 0.760. The first-order valence-electron chi connectivity index (χ1n) is 9.87. The minimum Gasteiger partial charge on any atom is -0.497 e. The standard InChI is InChI=1S/C22H24FN3O3/c1-29-19-8-2-16(3-9-19)15-26-21(27)14-20(22(26)28)25-12-10-24(11-13-25)18-6-4-17(23)5-7-18/h2-9,20H,10-15H2,1H3/p+1/t20-/m1/s1. The number of quaternary nitrogens is 1. The van der Waals surface area contributed by atoms with Crippen molar-refractivity contribution in [2.24, 2.45) is 0 Å². The van der Waals surface area contributed by atoms with Crippen LogP contribution in [-0.4, -0.2) is 56.0 Å². The maximum absolute atomic E-state index is 13.1. The predicted octanol–water partition coefficient (Wildman–Crippen LogP) is 0.867. The average molecular weight is 398 g/mol. The van der Waals surface area contributed by atoms with Crippen LogP contribution >= 0.6 is 0 Å². The van der Waals surface area contributed by atoms with Crippen molar-refractivity contribution in [1.29, 1.82) is 0 Å². The molecule has 2 heterocycles. The van der Waals surface area contributed by atoms with Crippen molar-refractivity contribution in [3.8, 4) is 5.75 Å². The molecule has 0 radical (unpaired) electrons. The van der Waals surface area contributed by atoms with Crippen molar-refractivity contribution >= 4 is 17.5 Å². The zero-order valence-electron chi connectivity index (χ0n) is 16.4. The fourth-order valence-corrected chi connectivity index (χ4v) is 4.13. The summed E-state index contributed by atoms with van der Waals surface area (Å²) in [4.78, 5) is 30.2.